The van der Waals surface area contributed by atoms with Crippen LogP contribution in [0.5, 0.6) is 11.5 Å². The number of ether oxygens (including phenoxy) is 2. The Hall–Kier alpha value is -2.54. The van der Waals surface area contributed by atoms with E-state index in [2.05, 4.69) is 17.1 Å². The number of hydrogen-bond acceptors (Lipinski definition) is 6. The molecule has 7 heteroatoms. The van der Waals surface area contributed by atoms with Gasteiger partial charge in [-0.15, -0.1) is 0 Å². The van der Waals surface area contributed by atoms with E-state index in [0.29, 0.717) is 30.4 Å². The molecular weight excluding hydrogens is 322 g/mol. The van der Waals surface area contributed by atoms with Crippen molar-refractivity contribution in [1.82, 2.24) is 15.0 Å². The van der Waals surface area contributed by atoms with Gasteiger partial charge in [-0.3, -0.25) is 4.79 Å². The van der Waals surface area contributed by atoms with Crippen molar-refractivity contribution in [2.45, 2.75) is 6.42 Å². The zero-order chi connectivity index (χ0) is 17.2. The molecule has 2 aliphatic rings. The van der Waals surface area contributed by atoms with Crippen LogP contribution in [0.4, 0.5) is 0 Å². The minimum Gasteiger partial charge on any atom is -0.486 e. The fraction of sp³-hybridized carbons (Fsp3) is 0.444. The van der Waals surface area contributed by atoms with Crippen LogP contribution in [0.1, 0.15) is 5.69 Å². The molecule has 0 unspecified atom stereocenters. The molecule has 0 atom stereocenters. The van der Waals surface area contributed by atoms with E-state index in [1.807, 2.05) is 29.2 Å². The van der Waals surface area contributed by atoms with E-state index in [1.54, 1.807) is 0 Å². The Kier molecular flexibility index (Phi) is 4.31. The summed E-state index contributed by atoms with van der Waals surface area (Å²) in [6, 6.07) is 7.46. The lowest BCUT2D eigenvalue weighted by molar-refractivity contribution is -0.132. The second-order valence-electron chi connectivity index (χ2n) is 6.40. The number of carbonyl (C=O) groups excluding carboxylic acids is 1. The fourth-order valence-electron chi connectivity index (χ4n) is 3.05. The molecule has 132 valence electrons. The summed E-state index contributed by atoms with van der Waals surface area (Å²) in [5.41, 5.74) is 1.50. The summed E-state index contributed by atoms with van der Waals surface area (Å²) in [6.07, 6.45) is 0.262. The molecular formula is C18H21N3O4. The Morgan fingerprint density at radius 2 is 1.84 bits per heavy atom. The van der Waals surface area contributed by atoms with Crippen molar-refractivity contribution in [1.29, 1.82) is 0 Å². The molecule has 1 saturated heterocycles. The van der Waals surface area contributed by atoms with Crippen molar-refractivity contribution in [3.8, 4) is 22.8 Å². The normalized spacial score (nSPS) is 17.6. The molecule has 2 aliphatic heterocycles. The van der Waals surface area contributed by atoms with Crippen LogP contribution in [0.2, 0.25) is 0 Å². The molecule has 1 amide bonds. The largest absolute Gasteiger partial charge is 0.486 e. The molecule has 1 aromatic carbocycles. The maximum Gasteiger partial charge on any atom is 0.228 e. The van der Waals surface area contributed by atoms with Gasteiger partial charge >= 0.3 is 0 Å². The number of hydrogen-bond donors (Lipinski definition) is 0. The van der Waals surface area contributed by atoms with Gasteiger partial charge in [-0.2, -0.15) is 0 Å². The third-order valence-corrected chi connectivity index (χ3v) is 4.57. The van der Waals surface area contributed by atoms with Crippen LogP contribution in [0.15, 0.2) is 28.8 Å². The Bertz CT molecular complexity index is 765. The minimum absolute atomic E-state index is 0.0927. The van der Waals surface area contributed by atoms with E-state index >= 15 is 0 Å². The third kappa shape index (κ3) is 3.46. The average Bonchev–Trinajstić information content (AvgIpc) is 3.10. The van der Waals surface area contributed by atoms with Crippen LogP contribution < -0.4 is 9.47 Å². The van der Waals surface area contributed by atoms with Gasteiger partial charge in [0.25, 0.3) is 0 Å². The van der Waals surface area contributed by atoms with Gasteiger partial charge in [-0.1, -0.05) is 5.16 Å². The summed E-state index contributed by atoms with van der Waals surface area (Å²) in [6.45, 7) is 4.45. The smallest absolute Gasteiger partial charge is 0.228 e. The van der Waals surface area contributed by atoms with Gasteiger partial charge in [-0.25, -0.2) is 0 Å². The van der Waals surface area contributed by atoms with Crippen molar-refractivity contribution in [3.05, 3.63) is 30.0 Å². The molecule has 4 rings (SSSR count). The highest BCUT2D eigenvalue weighted by Crippen LogP contribution is 2.34. The Labute approximate surface area is 146 Å². The summed E-state index contributed by atoms with van der Waals surface area (Å²) in [7, 11) is 2.07. The molecule has 0 N–H and O–H groups in total. The lowest BCUT2D eigenvalue weighted by Crippen LogP contribution is -2.47. The minimum atomic E-state index is 0.0927. The van der Waals surface area contributed by atoms with Crippen LogP contribution in [-0.2, 0) is 11.2 Å². The van der Waals surface area contributed by atoms with Gasteiger partial charge in [0.05, 0.1) is 12.1 Å². The maximum atomic E-state index is 12.4. The van der Waals surface area contributed by atoms with Crippen LogP contribution in [0.25, 0.3) is 11.3 Å². The molecule has 7 nitrogen and oxygen atoms in total. The SMILES string of the molecule is CN1CCN(C(=O)Cc2cc(-c3ccc4c(c3)OCCO4)on2)CC1. The number of rotatable bonds is 3. The molecule has 1 fully saturated rings. The lowest BCUT2D eigenvalue weighted by atomic mass is 10.1. The molecule has 0 aliphatic carbocycles. The van der Waals surface area contributed by atoms with E-state index in [0.717, 1.165) is 37.5 Å². The van der Waals surface area contributed by atoms with Gasteiger partial charge in [0.15, 0.2) is 17.3 Å². The second-order valence-corrected chi connectivity index (χ2v) is 6.40. The Morgan fingerprint density at radius 3 is 2.64 bits per heavy atom. The monoisotopic (exact) mass is 343 g/mol. The number of piperazine rings is 1. The number of benzene rings is 1. The first-order valence-corrected chi connectivity index (χ1v) is 8.51. The number of amides is 1. The predicted octanol–water partition coefficient (Wildman–Crippen LogP) is 1.43. The second kappa shape index (κ2) is 6.76. The first-order valence-electron chi connectivity index (χ1n) is 8.51. The van der Waals surface area contributed by atoms with Crippen molar-refractivity contribution in [2.24, 2.45) is 0 Å². The molecule has 0 spiro atoms. The first kappa shape index (κ1) is 16.0. The molecule has 3 heterocycles. The third-order valence-electron chi connectivity index (χ3n) is 4.57. The van der Waals surface area contributed by atoms with E-state index < -0.39 is 0 Å². The van der Waals surface area contributed by atoms with Crippen molar-refractivity contribution >= 4 is 5.91 Å². The van der Waals surface area contributed by atoms with Crippen molar-refractivity contribution in [2.75, 3.05) is 46.4 Å². The summed E-state index contributed by atoms with van der Waals surface area (Å²) >= 11 is 0. The average molecular weight is 343 g/mol. The van der Waals surface area contributed by atoms with Crippen LogP contribution in [0.3, 0.4) is 0 Å². The first-order chi connectivity index (χ1) is 12.2. The zero-order valence-electron chi connectivity index (χ0n) is 14.2. The van der Waals surface area contributed by atoms with E-state index in [-0.39, 0.29) is 12.3 Å². The van der Waals surface area contributed by atoms with Gasteiger partial charge in [0, 0.05) is 37.8 Å². The lowest BCUT2D eigenvalue weighted by Gasteiger charge is -2.32. The topological polar surface area (TPSA) is 68.0 Å². The van der Waals surface area contributed by atoms with E-state index in [4.69, 9.17) is 14.0 Å². The van der Waals surface area contributed by atoms with Crippen LogP contribution in [-0.4, -0.2) is 67.3 Å². The number of likely N-dealkylation sites (N-methyl/N-ethyl adjacent to an activating group) is 1. The summed E-state index contributed by atoms with van der Waals surface area (Å²) in [5.74, 6) is 2.16. The fourth-order valence-corrected chi connectivity index (χ4v) is 3.05. The van der Waals surface area contributed by atoms with Gasteiger partial charge in [-0.05, 0) is 25.2 Å². The highest BCUT2D eigenvalue weighted by Gasteiger charge is 2.21. The number of aromatic nitrogens is 1. The van der Waals surface area contributed by atoms with Crippen LogP contribution in [0, 0.1) is 0 Å². The van der Waals surface area contributed by atoms with Gasteiger partial charge < -0.3 is 23.8 Å². The maximum absolute atomic E-state index is 12.4. The van der Waals surface area contributed by atoms with Crippen molar-refractivity contribution in [3.63, 3.8) is 0 Å². The number of nitrogens with zero attached hydrogens (tertiary/aromatic N) is 3. The highest BCUT2D eigenvalue weighted by molar-refractivity contribution is 5.78. The van der Waals surface area contributed by atoms with Gasteiger partial charge in [0.1, 0.15) is 13.2 Å². The van der Waals surface area contributed by atoms with Gasteiger partial charge in [0.2, 0.25) is 5.91 Å². The molecule has 2 aromatic rings. The summed E-state index contributed by atoms with van der Waals surface area (Å²) < 4.78 is 16.5. The summed E-state index contributed by atoms with van der Waals surface area (Å²) in [5, 5.41) is 4.05. The molecule has 0 saturated carbocycles. The number of fused-ring (bicyclic) bond motifs is 1. The predicted molar refractivity (Wildman–Crippen MR) is 90.7 cm³/mol. The quantitative estimate of drug-likeness (QED) is 0.840. The van der Waals surface area contributed by atoms with E-state index in [1.165, 1.54) is 0 Å². The molecule has 0 bridgehead atoms. The Balaban J connectivity index is 1.44. The van der Waals surface area contributed by atoms with Crippen molar-refractivity contribution < 1.29 is 18.8 Å². The highest BCUT2D eigenvalue weighted by atomic mass is 16.6. The summed E-state index contributed by atoms with van der Waals surface area (Å²) in [4.78, 5) is 16.5. The zero-order valence-corrected chi connectivity index (χ0v) is 14.2. The molecule has 25 heavy (non-hydrogen) atoms. The van der Waals surface area contributed by atoms with Crippen LogP contribution >= 0.6 is 0 Å². The number of carbonyl (C=O) groups is 1. The molecule has 0 radical (unpaired) electrons. The standard InChI is InChI=1S/C18H21N3O4/c1-20-4-6-21(7-5-20)18(22)12-14-11-16(25-19-14)13-2-3-15-17(10-13)24-9-8-23-15/h2-3,10-11H,4-9,12H2,1H3. The Morgan fingerprint density at radius 1 is 1.08 bits per heavy atom. The van der Waals surface area contributed by atoms with E-state index in [9.17, 15) is 4.79 Å². The molecule has 1 aromatic heterocycles.